The van der Waals surface area contributed by atoms with Gasteiger partial charge in [0, 0.05) is 42.2 Å². The average Bonchev–Trinajstić information content (AvgIpc) is 4.00. The molecule has 0 bridgehead atoms. The Bertz CT molecular complexity index is 3290. The fourth-order valence-electron chi connectivity index (χ4n) is 8.64. The van der Waals surface area contributed by atoms with E-state index in [2.05, 4.69) is 174 Å². The molecule has 0 N–H and O–H groups in total. The summed E-state index contributed by atoms with van der Waals surface area (Å²) in [4.78, 5) is 5.01. The van der Waals surface area contributed by atoms with Gasteiger partial charge in [0.1, 0.15) is 5.01 Å². The van der Waals surface area contributed by atoms with Gasteiger partial charge in [-0.25, -0.2) is 4.98 Å². The van der Waals surface area contributed by atoms with Crippen molar-refractivity contribution >= 4 is 74.9 Å². The van der Waals surface area contributed by atoms with Crippen LogP contribution in [0.2, 0.25) is 0 Å². The number of thiazole rings is 1. The van der Waals surface area contributed by atoms with Crippen molar-refractivity contribution in [3.63, 3.8) is 0 Å². The van der Waals surface area contributed by atoms with Crippen LogP contribution in [0.25, 0.3) is 102 Å². The van der Waals surface area contributed by atoms with Crippen molar-refractivity contribution in [1.29, 1.82) is 0 Å². The van der Waals surface area contributed by atoms with Crippen LogP contribution in [-0.4, -0.2) is 9.55 Å². The van der Waals surface area contributed by atoms with Crippen molar-refractivity contribution in [2.24, 2.45) is 0 Å². The molecule has 0 saturated heterocycles. The smallest absolute Gasteiger partial charge is 0.124 e. The Morgan fingerprint density at radius 3 is 1.89 bits per heavy atom. The molecule has 0 saturated carbocycles. The zero-order valence-corrected chi connectivity index (χ0v) is 30.7. The van der Waals surface area contributed by atoms with E-state index in [4.69, 9.17) is 4.98 Å². The van der Waals surface area contributed by atoms with Gasteiger partial charge in [-0.3, -0.25) is 0 Å². The second-order valence-electron chi connectivity index (χ2n) is 14.4. The molecule has 0 atom stereocenters. The van der Waals surface area contributed by atoms with E-state index in [9.17, 15) is 0 Å². The number of nitrogens with zero attached hydrogens (tertiary/aromatic N) is 2. The Hall–Kier alpha value is -6.33. The normalized spacial score (nSPS) is 12.4. The summed E-state index contributed by atoms with van der Waals surface area (Å²) in [6.07, 6.45) is 1.00. The SMILES string of the molecule is c1cc(-c2nc3ccccc3s2)cc(-n2c3ccc(-c4ccc5c(c4)-c4ccccc4C5)cc3c3cc(-c4ccc5sc6ccccc6c5c4)ccc32)c1. The van der Waals surface area contributed by atoms with Crippen LogP contribution in [0.4, 0.5) is 0 Å². The number of aromatic nitrogens is 2. The number of benzene rings is 8. The monoisotopic (exact) mass is 722 g/mol. The van der Waals surface area contributed by atoms with Gasteiger partial charge < -0.3 is 4.57 Å². The zero-order valence-electron chi connectivity index (χ0n) is 29.1. The van der Waals surface area contributed by atoms with E-state index < -0.39 is 0 Å². The van der Waals surface area contributed by atoms with Gasteiger partial charge in [-0.1, -0.05) is 97.1 Å². The fraction of sp³-hybridized carbons (Fsp3) is 0.0200. The Morgan fingerprint density at radius 1 is 0.407 bits per heavy atom. The van der Waals surface area contributed by atoms with Crippen molar-refractivity contribution < 1.29 is 0 Å². The van der Waals surface area contributed by atoms with Crippen LogP contribution in [0.3, 0.4) is 0 Å². The molecular formula is C50H30N2S2. The van der Waals surface area contributed by atoms with Crippen molar-refractivity contribution in [2.75, 3.05) is 0 Å². The molecule has 0 spiro atoms. The summed E-state index contributed by atoms with van der Waals surface area (Å²) in [6, 6.07) is 62.9. The van der Waals surface area contributed by atoms with Crippen LogP contribution in [0.1, 0.15) is 11.1 Å². The Morgan fingerprint density at radius 2 is 1.06 bits per heavy atom. The fourth-order valence-corrected chi connectivity index (χ4v) is 10.7. The number of rotatable bonds is 4. The maximum absolute atomic E-state index is 5.01. The third kappa shape index (κ3) is 4.61. The van der Waals surface area contributed by atoms with Gasteiger partial charge in [0.15, 0.2) is 0 Å². The minimum absolute atomic E-state index is 1.00. The van der Waals surface area contributed by atoms with Gasteiger partial charge in [0.25, 0.3) is 0 Å². The van der Waals surface area contributed by atoms with Gasteiger partial charge in [0.2, 0.25) is 0 Å². The standard InChI is InChI=1S/C50H30N2S2/c1-2-11-38-34(8-1)24-35-17-16-30(26-40(35)38)31-18-21-45-41(27-31)42-28-32(33-20-23-48-43(29-33)39-12-3-5-14-47(39)53-48)19-22-46(42)52(45)37-10-7-9-36(25-37)50-51-44-13-4-6-15-49(44)54-50/h1-23,25-29H,24H2. The second-order valence-corrected chi connectivity index (χ2v) is 16.5. The van der Waals surface area contributed by atoms with Crippen LogP contribution >= 0.6 is 22.7 Å². The molecule has 0 unspecified atom stereocenters. The maximum Gasteiger partial charge on any atom is 0.124 e. The first-order valence-corrected chi connectivity index (χ1v) is 20.0. The summed E-state index contributed by atoms with van der Waals surface area (Å²) in [5.41, 5.74) is 16.2. The maximum atomic E-state index is 5.01. The topological polar surface area (TPSA) is 17.8 Å². The largest absolute Gasteiger partial charge is 0.309 e. The molecule has 11 aromatic rings. The van der Waals surface area contributed by atoms with Crippen molar-refractivity contribution in [1.82, 2.24) is 9.55 Å². The minimum atomic E-state index is 1.00. The third-order valence-corrected chi connectivity index (χ3v) is 13.5. The lowest BCUT2D eigenvalue weighted by Crippen LogP contribution is -1.94. The van der Waals surface area contributed by atoms with Crippen LogP contribution < -0.4 is 0 Å². The first kappa shape index (κ1) is 30.2. The number of para-hydroxylation sites is 1. The van der Waals surface area contributed by atoms with Gasteiger partial charge in [-0.05, 0) is 124 Å². The molecule has 2 nitrogen and oxygen atoms in total. The first-order valence-electron chi connectivity index (χ1n) is 18.4. The first-order chi connectivity index (χ1) is 26.7. The zero-order chi connectivity index (χ0) is 35.3. The molecule has 252 valence electrons. The molecule has 3 heterocycles. The summed E-state index contributed by atoms with van der Waals surface area (Å²) in [6.45, 7) is 0. The molecule has 1 aliphatic carbocycles. The summed E-state index contributed by atoms with van der Waals surface area (Å²) < 4.78 is 6.30. The van der Waals surface area contributed by atoms with E-state index >= 15 is 0 Å². The summed E-state index contributed by atoms with van der Waals surface area (Å²) >= 11 is 3.62. The number of hydrogen-bond donors (Lipinski definition) is 0. The van der Waals surface area contributed by atoms with Crippen LogP contribution in [0.15, 0.2) is 170 Å². The molecule has 0 aliphatic heterocycles. The number of fused-ring (bicyclic) bond motifs is 10. The van der Waals surface area contributed by atoms with Gasteiger partial charge in [-0.2, -0.15) is 0 Å². The van der Waals surface area contributed by atoms with E-state index in [1.807, 2.05) is 11.3 Å². The van der Waals surface area contributed by atoms with Crippen molar-refractivity contribution in [3.8, 4) is 49.6 Å². The molecule has 12 rings (SSSR count). The molecule has 54 heavy (non-hydrogen) atoms. The molecule has 1 aliphatic rings. The Labute approximate surface area is 319 Å². The predicted molar refractivity (Wildman–Crippen MR) is 231 cm³/mol. The van der Waals surface area contributed by atoms with Crippen LogP contribution in [0.5, 0.6) is 0 Å². The van der Waals surface area contributed by atoms with Gasteiger partial charge >= 0.3 is 0 Å². The van der Waals surface area contributed by atoms with Crippen LogP contribution in [-0.2, 0) is 6.42 Å². The molecule has 0 amide bonds. The molecule has 8 aromatic carbocycles. The third-order valence-electron chi connectivity index (χ3n) is 11.3. The minimum Gasteiger partial charge on any atom is -0.309 e. The average molecular weight is 723 g/mol. The molecule has 0 fully saturated rings. The lowest BCUT2D eigenvalue weighted by Gasteiger charge is -2.10. The molecule has 4 heteroatoms. The Kier molecular flexibility index (Phi) is 6.47. The number of thiophene rings is 1. The second kappa shape index (κ2) is 11.6. The summed E-state index contributed by atoms with van der Waals surface area (Å²) in [7, 11) is 0. The van der Waals surface area contributed by atoms with E-state index in [1.54, 1.807) is 11.3 Å². The highest BCUT2D eigenvalue weighted by molar-refractivity contribution is 7.25. The quantitative estimate of drug-likeness (QED) is 0.177. The number of hydrogen-bond acceptors (Lipinski definition) is 3. The molecular weight excluding hydrogens is 693 g/mol. The van der Waals surface area contributed by atoms with Crippen molar-refractivity contribution in [3.05, 3.63) is 181 Å². The predicted octanol–water partition coefficient (Wildman–Crippen LogP) is 14.3. The summed E-state index contributed by atoms with van der Waals surface area (Å²) in [5.74, 6) is 0. The molecule has 0 radical (unpaired) electrons. The summed E-state index contributed by atoms with van der Waals surface area (Å²) in [5, 5.41) is 6.18. The lowest BCUT2D eigenvalue weighted by atomic mass is 9.97. The van der Waals surface area contributed by atoms with Crippen LogP contribution in [0, 0.1) is 0 Å². The lowest BCUT2D eigenvalue weighted by molar-refractivity contribution is 1.18. The van der Waals surface area contributed by atoms with E-state index in [1.165, 1.54) is 91.2 Å². The van der Waals surface area contributed by atoms with E-state index in [0.717, 1.165) is 28.2 Å². The highest BCUT2D eigenvalue weighted by Crippen LogP contribution is 2.43. The van der Waals surface area contributed by atoms with Gasteiger partial charge in [0.05, 0.1) is 21.3 Å². The van der Waals surface area contributed by atoms with E-state index in [-0.39, 0.29) is 0 Å². The Balaban J connectivity index is 1.06. The highest BCUT2D eigenvalue weighted by atomic mass is 32.1. The molecule has 3 aromatic heterocycles. The van der Waals surface area contributed by atoms with Crippen molar-refractivity contribution in [2.45, 2.75) is 6.42 Å². The highest BCUT2D eigenvalue weighted by Gasteiger charge is 2.20. The van der Waals surface area contributed by atoms with Gasteiger partial charge in [-0.15, -0.1) is 22.7 Å². The van der Waals surface area contributed by atoms with E-state index in [0.29, 0.717) is 0 Å².